The van der Waals surface area contributed by atoms with Crippen LogP contribution in [-0.2, 0) is 11.2 Å². The zero-order chi connectivity index (χ0) is 12.1. The monoisotopic (exact) mass is 237 g/mol. The van der Waals surface area contributed by atoms with E-state index in [2.05, 4.69) is 24.9 Å². The fourth-order valence-corrected chi connectivity index (χ4v) is 1.41. The van der Waals surface area contributed by atoms with Crippen molar-refractivity contribution in [1.82, 2.24) is 0 Å². The molecule has 0 spiro atoms. The van der Waals surface area contributed by atoms with Gasteiger partial charge in [0.1, 0.15) is 0 Å². The summed E-state index contributed by atoms with van der Waals surface area (Å²) in [6, 6.07) is 7.91. The molecule has 0 fully saturated rings. The Morgan fingerprint density at radius 2 is 1.88 bits per heavy atom. The molecule has 0 saturated carbocycles. The highest BCUT2D eigenvalue weighted by Gasteiger charge is 2.17. The van der Waals surface area contributed by atoms with Crippen molar-refractivity contribution in [1.29, 1.82) is 0 Å². The molecule has 3 heteroatoms. The molecule has 0 heterocycles. The fraction of sp³-hybridized carbons (Fsp3) is 0.462. The van der Waals surface area contributed by atoms with E-state index in [9.17, 15) is 4.79 Å². The number of hydrogen-bond acceptors (Lipinski definition) is 2. The third-order valence-corrected chi connectivity index (χ3v) is 3.36. The minimum absolute atomic E-state index is 0.0393. The van der Waals surface area contributed by atoms with E-state index in [-0.39, 0.29) is 17.1 Å². The van der Waals surface area contributed by atoms with Gasteiger partial charge in [0.25, 0.3) is 0 Å². The first kappa shape index (κ1) is 13.1. The average Bonchev–Trinajstić information content (AvgIpc) is 2.28. The highest BCUT2D eigenvalue weighted by atomic mass is 32.1. The minimum Gasteiger partial charge on any atom is -0.325 e. The SMILES string of the molecule is CCc1ccc(NC(=O)C(S)C(C)C)cc1. The summed E-state index contributed by atoms with van der Waals surface area (Å²) in [6.45, 7) is 6.07. The quantitative estimate of drug-likeness (QED) is 0.774. The molecule has 0 radical (unpaired) electrons. The van der Waals surface area contributed by atoms with Gasteiger partial charge in [-0.05, 0) is 30.0 Å². The van der Waals surface area contributed by atoms with Crippen molar-refractivity contribution < 1.29 is 4.79 Å². The highest BCUT2D eigenvalue weighted by molar-refractivity contribution is 7.81. The Kier molecular flexibility index (Phi) is 4.87. The topological polar surface area (TPSA) is 29.1 Å². The second kappa shape index (κ2) is 5.94. The Bertz CT molecular complexity index is 345. The van der Waals surface area contributed by atoms with E-state index in [1.807, 2.05) is 38.1 Å². The van der Waals surface area contributed by atoms with Crippen LogP contribution in [-0.4, -0.2) is 11.2 Å². The predicted molar refractivity (Wildman–Crippen MR) is 72.1 cm³/mol. The lowest BCUT2D eigenvalue weighted by molar-refractivity contribution is -0.116. The van der Waals surface area contributed by atoms with Crippen molar-refractivity contribution in [2.24, 2.45) is 5.92 Å². The van der Waals surface area contributed by atoms with Gasteiger partial charge in [-0.25, -0.2) is 0 Å². The highest BCUT2D eigenvalue weighted by Crippen LogP contribution is 2.14. The van der Waals surface area contributed by atoms with Gasteiger partial charge in [0, 0.05) is 5.69 Å². The van der Waals surface area contributed by atoms with Crippen molar-refractivity contribution >= 4 is 24.2 Å². The number of hydrogen-bond donors (Lipinski definition) is 2. The molecule has 1 aromatic carbocycles. The maximum atomic E-state index is 11.7. The summed E-state index contributed by atoms with van der Waals surface area (Å²) in [5, 5.41) is 2.60. The van der Waals surface area contributed by atoms with Gasteiger partial charge >= 0.3 is 0 Å². The maximum Gasteiger partial charge on any atom is 0.237 e. The molecule has 1 rings (SSSR count). The summed E-state index contributed by atoms with van der Waals surface area (Å²) >= 11 is 4.28. The Hall–Kier alpha value is -0.960. The fourth-order valence-electron chi connectivity index (χ4n) is 1.34. The van der Waals surface area contributed by atoms with Crippen molar-refractivity contribution in [3.05, 3.63) is 29.8 Å². The van der Waals surface area contributed by atoms with Gasteiger partial charge in [0.15, 0.2) is 0 Å². The first-order valence-corrected chi connectivity index (χ1v) is 6.14. The zero-order valence-corrected chi connectivity index (χ0v) is 10.9. The lowest BCUT2D eigenvalue weighted by atomic mass is 10.1. The third kappa shape index (κ3) is 3.56. The van der Waals surface area contributed by atoms with Crippen LogP contribution in [0.2, 0.25) is 0 Å². The largest absolute Gasteiger partial charge is 0.325 e. The molecular formula is C13H19NOS. The number of thiol groups is 1. The van der Waals surface area contributed by atoms with Crippen molar-refractivity contribution in [3.63, 3.8) is 0 Å². The second-order valence-corrected chi connectivity index (χ2v) is 4.78. The van der Waals surface area contributed by atoms with Crippen LogP contribution in [0.1, 0.15) is 26.3 Å². The number of aryl methyl sites for hydroxylation is 1. The lowest BCUT2D eigenvalue weighted by Gasteiger charge is -2.14. The lowest BCUT2D eigenvalue weighted by Crippen LogP contribution is -2.27. The molecule has 16 heavy (non-hydrogen) atoms. The zero-order valence-electron chi connectivity index (χ0n) is 10.0. The molecule has 2 nitrogen and oxygen atoms in total. The van der Waals surface area contributed by atoms with Crippen molar-refractivity contribution in [3.8, 4) is 0 Å². The number of carbonyl (C=O) groups is 1. The van der Waals surface area contributed by atoms with Crippen LogP contribution in [0.25, 0.3) is 0 Å². The van der Waals surface area contributed by atoms with Gasteiger partial charge in [-0.15, -0.1) is 0 Å². The summed E-state index contributed by atoms with van der Waals surface area (Å²) in [5.74, 6) is 0.195. The Labute approximate surface area is 103 Å². The van der Waals surface area contributed by atoms with Gasteiger partial charge < -0.3 is 5.32 Å². The van der Waals surface area contributed by atoms with Crippen LogP contribution in [0.3, 0.4) is 0 Å². The molecule has 0 aliphatic carbocycles. The predicted octanol–water partition coefficient (Wildman–Crippen LogP) is 3.14. The molecule has 88 valence electrons. The molecule has 1 aromatic rings. The van der Waals surface area contributed by atoms with E-state index in [0.29, 0.717) is 0 Å². The number of amides is 1. The number of anilines is 1. The van der Waals surface area contributed by atoms with Gasteiger partial charge in [-0.1, -0.05) is 32.9 Å². The molecular weight excluding hydrogens is 218 g/mol. The summed E-state index contributed by atoms with van der Waals surface area (Å²) < 4.78 is 0. The van der Waals surface area contributed by atoms with Crippen LogP contribution in [0.15, 0.2) is 24.3 Å². The van der Waals surface area contributed by atoms with E-state index in [0.717, 1.165) is 12.1 Å². The van der Waals surface area contributed by atoms with Gasteiger partial charge in [-0.3, -0.25) is 4.79 Å². The Morgan fingerprint density at radius 1 is 1.31 bits per heavy atom. The summed E-state index contributed by atoms with van der Waals surface area (Å²) in [6.07, 6.45) is 1.01. The van der Waals surface area contributed by atoms with Crippen LogP contribution in [0.5, 0.6) is 0 Å². The van der Waals surface area contributed by atoms with Crippen LogP contribution < -0.4 is 5.32 Å². The normalized spacial score (nSPS) is 12.6. The molecule has 0 bridgehead atoms. The molecule has 1 atom stereocenters. The van der Waals surface area contributed by atoms with E-state index in [1.54, 1.807) is 0 Å². The Balaban J connectivity index is 2.62. The Morgan fingerprint density at radius 3 is 2.31 bits per heavy atom. The number of benzene rings is 1. The van der Waals surface area contributed by atoms with Gasteiger partial charge in [-0.2, -0.15) is 12.6 Å². The molecule has 0 aliphatic rings. The van der Waals surface area contributed by atoms with E-state index in [4.69, 9.17) is 0 Å². The number of carbonyl (C=O) groups excluding carboxylic acids is 1. The summed E-state index contributed by atoms with van der Waals surface area (Å²) in [5.41, 5.74) is 2.10. The standard InChI is InChI=1S/C13H19NOS/c1-4-10-5-7-11(8-6-10)14-13(15)12(16)9(2)3/h5-9,12,16H,4H2,1-3H3,(H,14,15). The maximum absolute atomic E-state index is 11.7. The van der Waals surface area contributed by atoms with Crippen LogP contribution in [0.4, 0.5) is 5.69 Å². The molecule has 1 amide bonds. The molecule has 0 aliphatic heterocycles. The van der Waals surface area contributed by atoms with Gasteiger partial charge in [0.2, 0.25) is 5.91 Å². The molecule has 0 saturated heterocycles. The van der Waals surface area contributed by atoms with Crippen LogP contribution >= 0.6 is 12.6 Å². The first-order chi connectivity index (χ1) is 7.54. The second-order valence-electron chi connectivity index (χ2n) is 4.23. The average molecular weight is 237 g/mol. The molecule has 1 N–H and O–H groups in total. The first-order valence-electron chi connectivity index (χ1n) is 5.62. The third-order valence-electron chi connectivity index (χ3n) is 2.53. The molecule has 0 aromatic heterocycles. The van der Waals surface area contributed by atoms with Crippen LogP contribution in [0, 0.1) is 5.92 Å². The van der Waals surface area contributed by atoms with E-state index >= 15 is 0 Å². The van der Waals surface area contributed by atoms with E-state index in [1.165, 1.54) is 5.56 Å². The molecule has 1 unspecified atom stereocenters. The van der Waals surface area contributed by atoms with Gasteiger partial charge in [0.05, 0.1) is 5.25 Å². The smallest absolute Gasteiger partial charge is 0.237 e. The van der Waals surface area contributed by atoms with Crippen molar-refractivity contribution in [2.75, 3.05) is 5.32 Å². The minimum atomic E-state index is -0.258. The van der Waals surface area contributed by atoms with Crippen molar-refractivity contribution in [2.45, 2.75) is 32.4 Å². The summed E-state index contributed by atoms with van der Waals surface area (Å²) in [4.78, 5) is 11.7. The number of nitrogens with one attached hydrogen (secondary N) is 1. The summed E-state index contributed by atoms with van der Waals surface area (Å²) in [7, 11) is 0. The van der Waals surface area contributed by atoms with E-state index < -0.39 is 0 Å². The number of rotatable bonds is 4.